The van der Waals surface area contributed by atoms with Crippen molar-refractivity contribution in [3.05, 3.63) is 109 Å². The molecule has 0 amide bonds. The van der Waals surface area contributed by atoms with Gasteiger partial charge in [-0.2, -0.15) is 0 Å². The minimum Gasteiger partial charge on any atom is -0.464 e. The second-order valence-electron chi connectivity index (χ2n) is 15.8. The zero-order chi connectivity index (χ0) is 41.7. The summed E-state index contributed by atoms with van der Waals surface area (Å²) in [7, 11) is 0. The van der Waals surface area contributed by atoms with E-state index in [1.807, 2.05) is 118 Å². The number of rotatable bonds is 15. The number of hydrogen-bond acceptors (Lipinski definition) is 8. The van der Waals surface area contributed by atoms with Crippen molar-refractivity contribution in [1.29, 1.82) is 0 Å². The Morgan fingerprint density at radius 2 is 1.27 bits per heavy atom. The summed E-state index contributed by atoms with van der Waals surface area (Å²) in [5.74, 6) is 1.49. The Kier molecular flexibility index (Phi) is 18.2. The number of carbonyl (C=O) groups is 2. The molecule has 2 aromatic heterocycles. The molecule has 6 aromatic rings. The number of imidazole rings is 2. The van der Waals surface area contributed by atoms with Crippen molar-refractivity contribution in [3.8, 4) is 22.8 Å². The molecular weight excluding hydrogens is 739 g/mol. The van der Waals surface area contributed by atoms with Crippen LogP contribution in [0.3, 0.4) is 0 Å². The van der Waals surface area contributed by atoms with Crippen molar-refractivity contribution in [2.24, 2.45) is 0 Å². The number of esters is 1. The maximum absolute atomic E-state index is 12.6. The molecule has 0 bridgehead atoms. The van der Waals surface area contributed by atoms with E-state index < -0.39 is 11.7 Å². The van der Waals surface area contributed by atoms with Crippen molar-refractivity contribution >= 4 is 34.1 Å². The molecule has 10 heteroatoms. The van der Waals surface area contributed by atoms with E-state index in [4.69, 9.17) is 14.2 Å². The highest BCUT2D eigenvalue weighted by atomic mass is 16.6. The van der Waals surface area contributed by atoms with Gasteiger partial charge in [0.15, 0.2) is 5.82 Å². The molecule has 1 saturated heterocycles. The first kappa shape index (κ1) is 44.8. The van der Waals surface area contributed by atoms with Crippen LogP contribution in [0, 0.1) is 0 Å². The number of carbonyl (C=O) groups excluding carboxylic acids is 2. The van der Waals surface area contributed by atoms with Crippen LogP contribution in [0.1, 0.15) is 91.9 Å². The number of unbranched alkanes of at least 4 members (excludes halogenated alkanes) is 8. The second-order valence-corrected chi connectivity index (χ2v) is 15.8. The first-order valence-corrected chi connectivity index (χ1v) is 21.4. The summed E-state index contributed by atoms with van der Waals surface area (Å²) in [4.78, 5) is 39.0. The summed E-state index contributed by atoms with van der Waals surface area (Å²) in [6, 6.07) is 35.4. The minimum atomic E-state index is -0.559. The van der Waals surface area contributed by atoms with E-state index in [1.165, 1.54) is 49.5 Å². The molecule has 1 aliphatic heterocycles. The Hall–Kier alpha value is -5.32. The molecule has 1 N–H and O–H groups in total. The number of hydrogen-bond donors (Lipinski definition) is 1. The standard InChI is InChI=1S/C18H18N2O2.C18H35NO3.C13H10N2/c1-18(2,3)22-17(21)20-15-12-8-7-11-14(15)19-16(20)13-9-5-4-6-10-13;1-2-3-4-5-6-7-8-9-10-11-18(20)22-17-14-19-12-15-21-16-13-19;1-2-6-10(7-3-1)13-14-11-8-4-5-9-12(11)15-13/h4-12H,1-3H3;2-17H2,1H3;1-9H,(H,14,15). The molecule has 0 atom stereocenters. The van der Waals surface area contributed by atoms with Gasteiger partial charge in [-0.25, -0.2) is 19.3 Å². The Labute approximate surface area is 350 Å². The summed E-state index contributed by atoms with van der Waals surface area (Å²) in [6.07, 6.45) is 11.7. The van der Waals surface area contributed by atoms with Crippen molar-refractivity contribution in [2.45, 2.75) is 97.5 Å². The van der Waals surface area contributed by atoms with Crippen LogP contribution >= 0.6 is 0 Å². The SMILES string of the molecule is CC(C)(C)OC(=O)n1c(-c2ccccc2)nc2ccccc21.CCCCCCCCCCCC(=O)OCCN1CCOCC1.c1ccc(-c2nc3ccccc3[nH]2)cc1. The van der Waals surface area contributed by atoms with Gasteiger partial charge >= 0.3 is 12.1 Å². The van der Waals surface area contributed by atoms with E-state index in [9.17, 15) is 9.59 Å². The fourth-order valence-electron chi connectivity index (χ4n) is 6.75. The van der Waals surface area contributed by atoms with Crippen LogP contribution in [-0.2, 0) is 19.0 Å². The topological polar surface area (TPSA) is 112 Å². The van der Waals surface area contributed by atoms with Crippen LogP contribution in [-0.4, -0.2) is 81.5 Å². The number of nitrogens with zero attached hydrogens (tertiary/aromatic N) is 4. The predicted molar refractivity (Wildman–Crippen MR) is 238 cm³/mol. The van der Waals surface area contributed by atoms with Gasteiger partial charge in [-0.15, -0.1) is 0 Å². The van der Waals surface area contributed by atoms with Crippen molar-refractivity contribution in [2.75, 3.05) is 39.5 Å². The number of aromatic amines is 1. The quantitative estimate of drug-likeness (QED) is 0.0807. The highest BCUT2D eigenvalue weighted by Crippen LogP contribution is 2.26. The van der Waals surface area contributed by atoms with E-state index >= 15 is 0 Å². The molecule has 0 aliphatic carbocycles. The number of para-hydroxylation sites is 4. The average molecular weight is 802 g/mol. The molecule has 0 saturated carbocycles. The largest absolute Gasteiger partial charge is 0.464 e. The number of benzene rings is 4. The number of fused-ring (bicyclic) bond motifs is 2. The maximum Gasteiger partial charge on any atom is 0.420 e. The fourth-order valence-corrected chi connectivity index (χ4v) is 6.75. The number of nitrogens with one attached hydrogen (secondary N) is 1. The van der Waals surface area contributed by atoms with Gasteiger partial charge in [-0.1, -0.05) is 143 Å². The van der Waals surface area contributed by atoms with Crippen LogP contribution in [0.4, 0.5) is 4.79 Å². The van der Waals surface area contributed by atoms with Gasteiger partial charge in [-0.3, -0.25) is 9.69 Å². The average Bonchev–Trinajstić information content (AvgIpc) is 3.87. The summed E-state index contributed by atoms with van der Waals surface area (Å²) in [5, 5.41) is 0. The molecule has 0 unspecified atom stereocenters. The summed E-state index contributed by atoms with van der Waals surface area (Å²) >= 11 is 0. The molecule has 3 heterocycles. The van der Waals surface area contributed by atoms with Crippen molar-refractivity contribution in [3.63, 3.8) is 0 Å². The zero-order valence-electron chi connectivity index (χ0n) is 35.5. The number of H-pyrrole nitrogens is 1. The Balaban J connectivity index is 0.000000171. The first-order chi connectivity index (χ1) is 28.7. The summed E-state index contributed by atoms with van der Waals surface area (Å²) in [6.45, 7) is 12.7. The van der Waals surface area contributed by atoms with E-state index in [0.717, 1.165) is 84.7 Å². The zero-order valence-corrected chi connectivity index (χ0v) is 35.5. The van der Waals surface area contributed by atoms with E-state index in [2.05, 4.69) is 38.9 Å². The fraction of sp³-hybridized carbons (Fsp3) is 0.429. The molecule has 4 aromatic carbocycles. The van der Waals surface area contributed by atoms with Crippen LogP contribution in [0.25, 0.3) is 44.8 Å². The highest BCUT2D eigenvalue weighted by Gasteiger charge is 2.23. The summed E-state index contributed by atoms with van der Waals surface area (Å²) in [5.41, 5.74) is 5.05. The lowest BCUT2D eigenvalue weighted by molar-refractivity contribution is -0.144. The van der Waals surface area contributed by atoms with Crippen LogP contribution in [0.5, 0.6) is 0 Å². The van der Waals surface area contributed by atoms with Gasteiger partial charge in [-0.05, 0) is 51.5 Å². The number of aromatic nitrogens is 4. The molecule has 0 spiro atoms. The Morgan fingerprint density at radius 1 is 0.695 bits per heavy atom. The van der Waals surface area contributed by atoms with Gasteiger partial charge in [0.2, 0.25) is 0 Å². The third kappa shape index (κ3) is 15.1. The lowest BCUT2D eigenvalue weighted by Crippen LogP contribution is -2.38. The molecule has 0 radical (unpaired) electrons. The van der Waals surface area contributed by atoms with E-state index in [1.54, 1.807) is 0 Å². The molecule has 10 nitrogen and oxygen atoms in total. The van der Waals surface area contributed by atoms with Gasteiger partial charge in [0.25, 0.3) is 0 Å². The van der Waals surface area contributed by atoms with Gasteiger partial charge in [0.1, 0.15) is 18.0 Å². The number of ether oxygens (including phenoxy) is 3. The minimum absolute atomic E-state index is 0.0313. The molecular formula is C49H63N5O5. The van der Waals surface area contributed by atoms with Gasteiger partial charge in [0, 0.05) is 37.2 Å². The summed E-state index contributed by atoms with van der Waals surface area (Å²) < 4.78 is 17.7. The second kappa shape index (κ2) is 23.9. The third-order valence-corrected chi connectivity index (χ3v) is 9.86. The van der Waals surface area contributed by atoms with Gasteiger partial charge in [0.05, 0.1) is 35.3 Å². The van der Waals surface area contributed by atoms with Gasteiger partial charge < -0.3 is 19.2 Å². The predicted octanol–water partition coefficient (Wildman–Crippen LogP) is 11.5. The molecule has 7 rings (SSSR count). The van der Waals surface area contributed by atoms with Crippen LogP contribution in [0.15, 0.2) is 109 Å². The lowest BCUT2D eigenvalue weighted by Gasteiger charge is -2.26. The Morgan fingerprint density at radius 3 is 1.92 bits per heavy atom. The van der Waals surface area contributed by atoms with Crippen molar-refractivity contribution in [1.82, 2.24) is 24.4 Å². The number of morpholine rings is 1. The van der Waals surface area contributed by atoms with E-state index in [-0.39, 0.29) is 5.97 Å². The highest BCUT2D eigenvalue weighted by molar-refractivity contribution is 5.92. The molecule has 314 valence electrons. The molecule has 1 aliphatic rings. The lowest BCUT2D eigenvalue weighted by atomic mass is 10.1. The Bertz CT molecular complexity index is 2080. The third-order valence-electron chi connectivity index (χ3n) is 9.86. The first-order valence-electron chi connectivity index (χ1n) is 21.4. The van der Waals surface area contributed by atoms with Crippen LogP contribution in [0.2, 0.25) is 0 Å². The smallest absolute Gasteiger partial charge is 0.420 e. The normalized spacial score (nSPS) is 12.9. The van der Waals surface area contributed by atoms with Crippen LogP contribution < -0.4 is 0 Å². The molecule has 1 fully saturated rings. The monoisotopic (exact) mass is 801 g/mol. The molecule has 59 heavy (non-hydrogen) atoms. The maximum atomic E-state index is 12.6. The van der Waals surface area contributed by atoms with Crippen molar-refractivity contribution < 1.29 is 23.8 Å². The van der Waals surface area contributed by atoms with E-state index in [0.29, 0.717) is 18.9 Å².